The number of imidazole rings is 3. The van der Waals surface area contributed by atoms with Crippen molar-refractivity contribution < 1.29 is 11.4 Å². The minimum Gasteiger partial charge on any atom is -0.576 e. The highest BCUT2D eigenvalue weighted by Gasteiger charge is 2.46. The molecular formula is C116H80AlN17O3. The zero-order valence-corrected chi connectivity index (χ0v) is 75.3. The molecule has 12 aromatic heterocycles. The van der Waals surface area contributed by atoms with Crippen LogP contribution in [0.5, 0.6) is 17.2 Å². The predicted molar refractivity (Wildman–Crippen MR) is 546 cm³/mol. The molecular weight excluding hydrogens is 1710 g/mol. The van der Waals surface area contributed by atoms with E-state index in [-0.39, 0.29) is 0 Å². The molecule has 0 saturated heterocycles. The van der Waals surface area contributed by atoms with Crippen molar-refractivity contribution in [1.29, 1.82) is 0 Å². The van der Waals surface area contributed by atoms with E-state index in [0.29, 0.717) is 51.8 Å². The molecule has 0 amide bonds. The predicted octanol–water partition coefficient (Wildman–Crippen LogP) is 26.3. The van der Waals surface area contributed by atoms with Gasteiger partial charge in [-0.05, 0) is 212 Å². The molecule has 0 spiro atoms. The van der Waals surface area contributed by atoms with E-state index in [9.17, 15) is 0 Å². The number of pyridine rings is 8. The fraction of sp³-hybridized carbons (Fsp3) is 0.0172. The first-order chi connectivity index (χ1) is 67.7. The van der Waals surface area contributed by atoms with Gasteiger partial charge >= 0.3 is 15.1 Å². The van der Waals surface area contributed by atoms with Crippen molar-refractivity contribution >= 4 is 103 Å². The first-order valence-electron chi connectivity index (χ1n) is 44.8. The van der Waals surface area contributed by atoms with Crippen molar-refractivity contribution in [3.63, 3.8) is 0 Å². The van der Waals surface area contributed by atoms with Crippen molar-refractivity contribution in [3.8, 4) is 125 Å². The number of nitrogens with zero attached hydrogens (tertiary/aromatic N) is 17. The monoisotopic (exact) mass is 1790 g/mol. The molecule has 0 atom stereocenters. The molecule has 137 heavy (non-hydrogen) atoms. The Balaban J connectivity index is 0.000000111. The molecule has 25 rings (SSSR count). The van der Waals surface area contributed by atoms with Crippen molar-refractivity contribution in [2.45, 2.75) is 13.8 Å². The summed E-state index contributed by atoms with van der Waals surface area (Å²) in [4.78, 5) is 65.7. The molecule has 0 bridgehead atoms. The minimum atomic E-state index is -2.86. The Morgan fingerprint density at radius 3 is 0.818 bits per heavy atom. The normalized spacial score (nSPS) is 11.1. The maximum Gasteiger partial charge on any atom is 1.20 e. The van der Waals surface area contributed by atoms with Gasteiger partial charge in [-0.3, -0.25) is 53.6 Å². The van der Waals surface area contributed by atoms with E-state index in [4.69, 9.17) is 36.3 Å². The zero-order valence-electron chi connectivity index (χ0n) is 74.1. The second-order valence-electron chi connectivity index (χ2n) is 32.4. The highest BCUT2D eigenvalue weighted by molar-refractivity contribution is 6.40. The molecule has 0 radical (unpaired) electrons. The van der Waals surface area contributed by atoms with E-state index in [2.05, 4.69) is 291 Å². The van der Waals surface area contributed by atoms with E-state index in [0.717, 1.165) is 150 Å². The van der Waals surface area contributed by atoms with Crippen molar-refractivity contribution in [3.05, 3.63) is 461 Å². The fourth-order valence-electron chi connectivity index (χ4n) is 17.2. The number of rotatable bonds is 17. The van der Waals surface area contributed by atoms with Crippen LogP contribution in [0.4, 0.5) is 0 Å². The van der Waals surface area contributed by atoms with Crippen LogP contribution in [-0.4, -0.2) is 98.6 Å². The molecule has 0 saturated carbocycles. The van der Waals surface area contributed by atoms with Crippen molar-refractivity contribution in [2.24, 2.45) is 0 Å². The zero-order chi connectivity index (χ0) is 91.8. The van der Waals surface area contributed by atoms with Crippen molar-refractivity contribution in [1.82, 2.24) is 83.5 Å². The maximum absolute atomic E-state index is 6.41. The summed E-state index contributed by atoms with van der Waals surface area (Å²) in [6, 6.07) is 139. The minimum absolute atomic E-state index is 0.493. The number of benzene rings is 13. The van der Waals surface area contributed by atoms with Gasteiger partial charge in [-0.25, -0.2) is 29.9 Å². The summed E-state index contributed by atoms with van der Waals surface area (Å²) in [5.74, 6) is 5.83. The third-order valence-corrected chi connectivity index (χ3v) is 24.7. The van der Waals surface area contributed by atoms with Gasteiger partial charge < -0.3 is 11.4 Å². The van der Waals surface area contributed by atoms with E-state index >= 15 is 0 Å². The standard InChI is InChI=1S/C45H30N6.C26H20N2.C18H12N6.3C9H7NO.Al/c1-4-16-34(17-5-1)49-40-25-13-10-22-37(40)46-43(49)31-28-32(44-47-38-23-11-14-26-41(38)50(44)35-18-6-2-7-19-35)30-33(29-31)45-48-39-24-12-15-27-42(39)51(45)36-20-8-3-9-21-36;1-17-15-23(19-9-5-3-6-10-19)21-13-14-22-24(20-11-7-4-8-12-20)16-18(2)28-26(22)25(21)27-17;1-4-10-19-13(7-1)16-22-17(14-8-2-5-11-20-14)24-18(23-16)15-9-3-6-12-21-15;3*11-8-5-1-3-7-4-2-6-10-9(7)8;/h1-30H;3-16H,1-2H3;1-12H;3*1-6,11H;/q;;;;;;+3/p-3. The van der Waals surface area contributed by atoms with Crippen LogP contribution in [0.2, 0.25) is 0 Å². The van der Waals surface area contributed by atoms with Crippen LogP contribution in [0.15, 0.2) is 450 Å². The molecule has 25 aromatic rings. The third kappa shape index (κ3) is 17.7. The first-order valence-corrected chi connectivity index (χ1v) is 46.3. The number of fused-ring (bicyclic) bond motifs is 9. The van der Waals surface area contributed by atoms with Gasteiger partial charge in [-0.1, -0.05) is 237 Å². The van der Waals surface area contributed by atoms with Gasteiger partial charge in [0, 0.05) is 109 Å². The Morgan fingerprint density at radius 2 is 0.504 bits per heavy atom. The molecule has 0 aliphatic heterocycles. The largest absolute Gasteiger partial charge is 1.20 e. The first kappa shape index (κ1) is 84.3. The Labute approximate surface area is 792 Å². The number of hydrogen-bond acceptors (Lipinski definition) is 17. The SMILES string of the molecule is Cc1cc(-c2ccccc2)c2ccc3c(-c4ccccc4)cc(C)nc3c2n1.c1ccc(-c2nc(-c3ccccn3)nc(-c3ccccn3)n2)nc1.c1ccc(-n2c(-c3cc(-c4nc5ccccc5n4-c4ccccc4)cc(-c4nc5ccccc5n4-c4ccccc4)c3)nc3ccccc32)cc1.c1cnc2c([O][Al]([O]c3cccc4cccnc34)[O]c3cccc4cccnc34)cccc2c1. The van der Waals surface area contributed by atoms with Gasteiger partial charge in [0.2, 0.25) is 0 Å². The summed E-state index contributed by atoms with van der Waals surface area (Å²) in [6.45, 7) is 4.11. The van der Waals surface area contributed by atoms with Crippen LogP contribution >= 0.6 is 0 Å². The van der Waals surface area contributed by atoms with Gasteiger partial charge in [0.25, 0.3) is 0 Å². The lowest BCUT2D eigenvalue weighted by atomic mass is 9.95. The number of hydrogen-bond donors (Lipinski definition) is 0. The van der Waals surface area contributed by atoms with Gasteiger partial charge in [-0.15, -0.1) is 0 Å². The summed E-state index contributed by atoms with van der Waals surface area (Å²) in [5, 5.41) is 5.21. The lowest BCUT2D eigenvalue weighted by Gasteiger charge is -2.18. The lowest BCUT2D eigenvalue weighted by molar-refractivity contribution is 0.311. The van der Waals surface area contributed by atoms with Crippen LogP contribution in [0.3, 0.4) is 0 Å². The molecule has 0 fully saturated rings. The highest BCUT2D eigenvalue weighted by Crippen LogP contribution is 2.42. The summed E-state index contributed by atoms with van der Waals surface area (Å²) >= 11 is -2.86. The Bertz CT molecular complexity index is 7900. The molecule has 13 aromatic carbocycles. The van der Waals surface area contributed by atoms with Gasteiger partial charge in [0.15, 0.2) is 17.5 Å². The summed E-state index contributed by atoms with van der Waals surface area (Å²) in [5.41, 5.74) is 24.9. The molecule has 0 unspecified atom stereocenters. The molecule has 20 nitrogen and oxygen atoms in total. The Morgan fingerprint density at radius 1 is 0.219 bits per heavy atom. The van der Waals surface area contributed by atoms with E-state index in [1.807, 2.05) is 194 Å². The van der Waals surface area contributed by atoms with Gasteiger partial charge in [-0.2, -0.15) is 0 Å². The Kier molecular flexibility index (Phi) is 23.5. The van der Waals surface area contributed by atoms with Crippen molar-refractivity contribution in [2.75, 3.05) is 0 Å². The van der Waals surface area contributed by atoms with Gasteiger partial charge in [0.05, 0.1) is 44.1 Å². The summed E-state index contributed by atoms with van der Waals surface area (Å²) < 4.78 is 26.0. The highest BCUT2D eigenvalue weighted by atomic mass is 27.3. The van der Waals surface area contributed by atoms with Crippen LogP contribution in [-0.2, 0) is 0 Å². The average molecular weight is 1790 g/mol. The number of aromatic nitrogens is 17. The van der Waals surface area contributed by atoms with E-state index < -0.39 is 15.1 Å². The van der Waals surface area contributed by atoms with E-state index in [1.54, 1.807) is 37.2 Å². The average Bonchev–Trinajstić information content (AvgIpc) is 1.37. The second kappa shape index (κ2) is 38.3. The summed E-state index contributed by atoms with van der Waals surface area (Å²) in [7, 11) is 0. The van der Waals surface area contributed by atoms with Crippen LogP contribution in [0.25, 0.3) is 196 Å². The van der Waals surface area contributed by atoms with E-state index in [1.165, 1.54) is 22.3 Å². The maximum atomic E-state index is 6.41. The van der Waals surface area contributed by atoms with Crippen LogP contribution in [0, 0.1) is 13.8 Å². The van der Waals surface area contributed by atoms with Gasteiger partial charge in [0.1, 0.15) is 68.4 Å². The third-order valence-electron chi connectivity index (χ3n) is 23.4. The topological polar surface area (TPSA) is 223 Å². The molecule has 12 heterocycles. The Hall–Kier alpha value is -18.3. The fourth-order valence-corrected chi connectivity index (χ4v) is 18.6. The lowest BCUT2D eigenvalue weighted by Crippen LogP contribution is -2.37. The summed E-state index contributed by atoms with van der Waals surface area (Å²) in [6.07, 6.45) is 10.4. The number of para-hydroxylation sites is 12. The van der Waals surface area contributed by atoms with Crippen LogP contribution < -0.4 is 11.4 Å². The molecule has 0 aliphatic rings. The molecule has 650 valence electrons. The number of aryl methyl sites for hydroxylation is 2. The molecule has 0 aliphatic carbocycles. The smallest absolute Gasteiger partial charge is 0.576 e. The van der Waals surface area contributed by atoms with Crippen LogP contribution in [0.1, 0.15) is 11.4 Å². The molecule has 0 N–H and O–H groups in total. The quantitative estimate of drug-likeness (QED) is 0.0610. The second-order valence-corrected chi connectivity index (χ2v) is 33.7. The molecule has 21 heteroatoms.